The monoisotopic (exact) mass is 370 g/mol. The van der Waals surface area contributed by atoms with Crippen LogP contribution >= 0.6 is 11.8 Å². The van der Waals surface area contributed by atoms with Gasteiger partial charge in [0.05, 0.1) is 16.7 Å². The molecule has 1 aromatic carbocycles. The van der Waals surface area contributed by atoms with Gasteiger partial charge < -0.3 is 9.80 Å². The molecule has 1 unspecified atom stereocenters. The molecule has 1 fully saturated rings. The Labute approximate surface area is 149 Å². The van der Waals surface area contributed by atoms with E-state index in [9.17, 15) is 13.2 Å². The molecule has 0 saturated carbocycles. The van der Waals surface area contributed by atoms with Crippen LogP contribution in [0.5, 0.6) is 0 Å². The van der Waals surface area contributed by atoms with E-state index in [0.717, 1.165) is 31.0 Å². The van der Waals surface area contributed by atoms with Crippen LogP contribution in [0.25, 0.3) is 0 Å². The van der Waals surface area contributed by atoms with E-state index in [1.54, 1.807) is 30.3 Å². The first-order valence-corrected chi connectivity index (χ1v) is 11.0. The van der Waals surface area contributed by atoms with E-state index in [1.807, 2.05) is 30.8 Å². The van der Waals surface area contributed by atoms with Crippen molar-refractivity contribution in [3.8, 4) is 0 Å². The quantitative estimate of drug-likeness (QED) is 0.763. The highest BCUT2D eigenvalue weighted by Crippen LogP contribution is 2.19. The molecule has 24 heavy (non-hydrogen) atoms. The van der Waals surface area contributed by atoms with E-state index in [2.05, 4.69) is 4.90 Å². The second-order valence-corrected chi connectivity index (χ2v) is 9.57. The van der Waals surface area contributed by atoms with Crippen LogP contribution in [0, 0.1) is 0 Å². The number of hydrogen-bond donors (Lipinski definition) is 0. The molecule has 5 nitrogen and oxygen atoms in total. The molecule has 134 valence electrons. The van der Waals surface area contributed by atoms with Crippen molar-refractivity contribution in [2.24, 2.45) is 0 Å². The average molecular weight is 371 g/mol. The third kappa shape index (κ3) is 5.50. The molecule has 0 spiro atoms. The summed E-state index contributed by atoms with van der Waals surface area (Å²) in [6.45, 7) is 1.53. The molecule has 0 bridgehead atoms. The highest BCUT2D eigenvalue weighted by Gasteiger charge is 2.27. The smallest absolute Gasteiger partial charge is 0.223 e. The number of nitrogens with zero attached hydrogens (tertiary/aromatic N) is 2. The molecule has 0 N–H and O–H groups in total. The zero-order valence-electron chi connectivity index (χ0n) is 14.3. The molecule has 1 atom stereocenters. The van der Waals surface area contributed by atoms with Gasteiger partial charge in [-0.05, 0) is 38.4 Å². The van der Waals surface area contributed by atoms with E-state index in [4.69, 9.17) is 0 Å². The number of hydrogen-bond acceptors (Lipinski definition) is 5. The van der Waals surface area contributed by atoms with Crippen molar-refractivity contribution in [2.45, 2.75) is 23.8 Å². The number of amides is 1. The van der Waals surface area contributed by atoms with Gasteiger partial charge in [0.25, 0.3) is 0 Å². The first-order valence-electron chi connectivity index (χ1n) is 8.20. The van der Waals surface area contributed by atoms with Crippen molar-refractivity contribution >= 4 is 27.5 Å². The average Bonchev–Trinajstić information content (AvgIpc) is 2.78. The summed E-state index contributed by atoms with van der Waals surface area (Å²) in [5, 5.41) is 0. The van der Waals surface area contributed by atoms with E-state index < -0.39 is 9.84 Å². The number of thioether (sulfide) groups is 1. The van der Waals surface area contributed by atoms with Crippen molar-refractivity contribution < 1.29 is 13.2 Å². The fourth-order valence-electron chi connectivity index (χ4n) is 2.84. The predicted molar refractivity (Wildman–Crippen MR) is 99.1 cm³/mol. The summed E-state index contributed by atoms with van der Waals surface area (Å²) in [6.07, 6.45) is 1.01. The van der Waals surface area contributed by atoms with Gasteiger partial charge in [0.15, 0.2) is 9.84 Å². The van der Waals surface area contributed by atoms with Crippen LogP contribution in [0.3, 0.4) is 0 Å². The summed E-state index contributed by atoms with van der Waals surface area (Å²) < 4.78 is 24.7. The summed E-state index contributed by atoms with van der Waals surface area (Å²) in [4.78, 5) is 16.9. The van der Waals surface area contributed by atoms with Gasteiger partial charge in [-0.1, -0.05) is 18.2 Å². The van der Waals surface area contributed by atoms with Crippen LogP contribution in [-0.4, -0.2) is 74.6 Å². The molecule has 0 radical (unpaired) electrons. The summed E-state index contributed by atoms with van der Waals surface area (Å²) in [5.41, 5.74) is 0. The minimum Gasteiger partial charge on any atom is -0.338 e. The van der Waals surface area contributed by atoms with Crippen molar-refractivity contribution in [1.82, 2.24) is 9.80 Å². The second-order valence-electron chi connectivity index (χ2n) is 6.31. The number of carbonyl (C=O) groups is 1. The Bertz CT molecular complexity index is 632. The summed E-state index contributed by atoms with van der Waals surface area (Å²) in [7, 11) is 0.589. The molecule has 0 aliphatic carbocycles. The third-order valence-electron chi connectivity index (χ3n) is 4.02. The zero-order valence-corrected chi connectivity index (χ0v) is 16.0. The molecule has 0 aromatic heterocycles. The molecule has 2 rings (SSSR count). The topological polar surface area (TPSA) is 57.7 Å². The second kappa shape index (κ2) is 8.87. The number of benzene rings is 1. The fourth-order valence-corrected chi connectivity index (χ4v) is 5.15. The molecule has 1 heterocycles. The minimum absolute atomic E-state index is 0.0474. The van der Waals surface area contributed by atoms with Crippen molar-refractivity contribution in [3.05, 3.63) is 30.3 Å². The van der Waals surface area contributed by atoms with E-state index in [0.29, 0.717) is 0 Å². The first kappa shape index (κ1) is 19.3. The van der Waals surface area contributed by atoms with Gasteiger partial charge in [-0.25, -0.2) is 8.42 Å². The number of carbonyl (C=O) groups excluding carboxylic acids is 1. The van der Waals surface area contributed by atoms with Gasteiger partial charge in [-0.2, -0.15) is 11.8 Å². The van der Waals surface area contributed by atoms with Crippen molar-refractivity contribution in [3.63, 3.8) is 0 Å². The Balaban J connectivity index is 2.01. The molecule has 1 aromatic rings. The van der Waals surface area contributed by atoms with Gasteiger partial charge in [0, 0.05) is 25.3 Å². The molecule has 1 aliphatic heterocycles. The van der Waals surface area contributed by atoms with Gasteiger partial charge in [0.1, 0.15) is 0 Å². The third-order valence-corrected chi connectivity index (χ3v) is 6.95. The van der Waals surface area contributed by atoms with Crippen LogP contribution in [0.2, 0.25) is 0 Å². The van der Waals surface area contributed by atoms with Gasteiger partial charge in [-0.15, -0.1) is 0 Å². The van der Waals surface area contributed by atoms with Crippen LogP contribution in [0.4, 0.5) is 0 Å². The lowest BCUT2D eigenvalue weighted by Gasteiger charge is -2.31. The molecule has 7 heteroatoms. The Hall–Kier alpha value is -1.05. The Morgan fingerprint density at radius 3 is 2.67 bits per heavy atom. The highest BCUT2D eigenvalue weighted by atomic mass is 32.2. The highest BCUT2D eigenvalue weighted by molar-refractivity contribution is 7.99. The Morgan fingerprint density at radius 1 is 1.29 bits per heavy atom. The maximum Gasteiger partial charge on any atom is 0.223 e. The van der Waals surface area contributed by atoms with Crippen LogP contribution in [0.1, 0.15) is 12.8 Å². The lowest BCUT2D eigenvalue weighted by atomic mass is 10.2. The largest absolute Gasteiger partial charge is 0.338 e. The summed E-state index contributed by atoms with van der Waals surface area (Å²) in [6, 6.07) is 8.50. The predicted octanol–water partition coefficient (Wildman–Crippen LogP) is 1.75. The fraction of sp³-hybridized carbons (Fsp3) is 0.588. The maximum absolute atomic E-state index is 12.7. The molecule has 1 amide bonds. The van der Waals surface area contributed by atoms with E-state index >= 15 is 0 Å². The SMILES string of the molecule is CN(C)CC1CSCCCN1C(=O)CCS(=O)(=O)c1ccccc1. The Morgan fingerprint density at radius 2 is 2.00 bits per heavy atom. The number of sulfone groups is 1. The van der Waals surface area contributed by atoms with E-state index in [1.165, 1.54) is 0 Å². The Kier molecular flexibility index (Phi) is 7.13. The number of rotatable bonds is 6. The standard InChI is InChI=1S/C17H26N2O3S2/c1-18(2)13-15-14-23-11-6-10-19(15)17(20)9-12-24(21,22)16-7-4-3-5-8-16/h3-5,7-8,15H,6,9-14H2,1-2H3. The molecule has 1 aliphatic rings. The van der Waals surface area contributed by atoms with E-state index in [-0.39, 0.29) is 29.0 Å². The lowest BCUT2D eigenvalue weighted by molar-refractivity contribution is -0.132. The zero-order chi connectivity index (χ0) is 17.6. The summed E-state index contributed by atoms with van der Waals surface area (Å²) in [5.74, 6) is 1.78. The normalized spacial score (nSPS) is 19.3. The molecular weight excluding hydrogens is 344 g/mol. The molecular formula is C17H26N2O3S2. The maximum atomic E-state index is 12.7. The number of likely N-dealkylation sites (N-methyl/N-ethyl adjacent to an activating group) is 1. The van der Waals surface area contributed by atoms with Gasteiger partial charge in [-0.3, -0.25) is 4.79 Å². The van der Waals surface area contributed by atoms with Crippen LogP contribution in [-0.2, 0) is 14.6 Å². The minimum atomic E-state index is -3.41. The molecule has 1 saturated heterocycles. The van der Waals surface area contributed by atoms with Gasteiger partial charge >= 0.3 is 0 Å². The van der Waals surface area contributed by atoms with Crippen molar-refractivity contribution in [2.75, 3.05) is 44.4 Å². The van der Waals surface area contributed by atoms with Crippen LogP contribution in [0.15, 0.2) is 35.2 Å². The van der Waals surface area contributed by atoms with Gasteiger partial charge in [0.2, 0.25) is 5.91 Å². The lowest BCUT2D eigenvalue weighted by Crippen LogP contribution is -2.47. The first-order chi connectivity index (χ1) is 11.4. The van der Waals surface area contributed by atoms with Crippen LogP contribution < -0.4 is 0 Å². The van der Waals surface area contributed by atoms with Crippen molar-refractivity contribution in [1.29, 1.82) is 0 Å². The summed E-state index contributed by atoms with van der Waals surface area (Å²) >= 11 is 1.87.